The van der Waals surface area contributed by atoms with Crippen molar-refractivity contribution >= 4 is 0 Å². The number of rotatable bonds is 7. The number of quaternary nitrogens is 2. The van der Waals surface area contributed by atoms with Gasteiger partial charge in [0.05, 0.1) is 54.9 Å². The third-order valence-electron chi connectivity index (χ3n) is 2.71. The van der Waals surface area contributed by atoms with Crippen LogP contribution in [0.5, 0.6) is 0 Å². The van der Waals surface area contributed by atoms with E-state index in [0.29, 0.717) is 0 Å². The topological polar surface area (TPSA) is 0 Å². The molecule has 0 saturated carbocycles. The summed E-state index contributed by atoms with van der Waals surface area (Å²) in [6.45, 7) is 6.20. The summed E-state index contributed by atoms with van der Waals surface area (Å²) in [7, 11) is 11.5. The van der Waals surface area contributed by atoms with Gasteiger partial charge in [0, 0.05) is 6.42 Å². The van der Waals surface area contributed by atoms with Crippen LogP contribution in [-0.2, 0) is 0 Å². The third-order valence-corrected chi connectivity index (χ3v) is 2.71. The zero-order valence-corrected chi connectivity index (χ0v) is 11.1. The summed E-state index contributed by atoms with van der Waals surface area (Å²) in [4.78, 5) is 0. The van der Waals surface area contributed by atoms with E-state index in [0.717, 1.165) is 4.48 Å². The molecule has 0 aliphatic carbocycles. The van der Waals surface area contributed by atoms with Gasteiger partial charge in [-0.15, -0.1) is 0 Å². The number of hydrogen-bond donors (Lipinski definition) is 0. The Bertz CT molecular complexity index is 145. The number of hydrogen-bond acceptors (Lipinski definition) is 0. The van der Waals surface area contributed by atoms with Crippen LogP contribution in [0, 0.1) is 0 Å². The molecule has 2 nitrogen and oxygen atoms in total. The molecule has 0 N–H and O–H groups in total. The second-order valence-electron chi connectivity index (χ2n) is 6.10. The molecule has 0 spiro atoms. The SMILES string of the molecule is CCCC[N+](C)(C)CCC[N+](C)(C)C. The molecule has 86 valence electrons. The van der Waals surface area contributed by atoms with E-state index in [4.69, 9.17) is 0 Å². The molecule has 0 aromatic rings. The molecule has 0 saturated heterocycles. The lowest BCUT2D eigenvalue weighted by Gasteiger charge is -2.31. The first-order chi connectivity index (χ1) is 6.27. The molecule has 0 unspecified atom stereocenters. The van der Waals surface area contributed by atoms with E-state index in [1.54, 1.807) is 0 Å². The van der Waals surface area contributed by atoms with Crippen molar-refractivity contribution in [2.45, 2.75) is 26.2 Å². The lowest BCUT2D eigenvalue weighted by Crippen LogP contribution is -2.44. The first kappa shape index (κ1) is 13.9. The fourth-order valence-corrected chi connectivity index (χ4v) is 1.67. The van der Waals surface area contributed by atoms with Crippen molar-refractivity contribution < 1.29 is 8.97 Å². The van der Waals surface area contributed by atoms with E-state index in [2.05, 4.69) is 42.2 Å². The molecule has 14 heavy (non-hydrogen) atoms. The fraction of sp³-hybridized carbons (Fsp3) is 1.00. The maximum absolute atomic E-state index is 2.35. The lowest BCUT2D eigenvalue weighted by atomic mass is 10.2. The molecular formula is C12H30N2+2. The quantitative estimate of drug-likeness (QED) is 0.554. The lowest BCUT2D eigenvalue weighted by molar-refractivity contribution is -0.902. The normalized spacial score (nSPS) is 13.3. The summed E-state index contributed by atoms with van der Waals surface area (Å²) in [5.74, 6) is 0. The zero-order chi connectivity index (χ0) is 11.2. The summed E-state index contributed by atoms with van der Waals surface area (Å²) in [5.41, 5.74) is 0. The molecule has 0 heterocycles. The molecule has 0 bridgehead atoms. The molecule has 0 atom stereocenters. The van der Waals surface area contributed by atoms with Crippen LogP contribution in [-0.4, -0.2) is 63.8 Å². The van der Waals surface area contributed by atoms with Crippen LogP contribution < -0.4 is 0 Å². The smallest absolute Gasteiger partial charge is 0.0836 e. The molecule has 0 rings (SSSR count). The van der Waals surface area contributed by atoms with Gasteiger partial charge in [0.2, 0.25) is 0 Å². The molecule has 2 heteroatoms. The Balaban J connectivity index is 3.65. The highest BCUT2D eigenvalue weighted by atomic mass is 15.3. The van der Waals surface area contributed by atoms with Crippen LogP contribution >= 0.6 is 0 Å². The van der Waals surface area contributed by atoms with Crippen LogP contribution in [0.3, 0.4) is 0 Å². The summed E-state index contributed by atoms with van der Waals surface area (Å²) >= 11 is 0. The van der Waals surface area contributed by atoms with Crippen molar-refractivity contribution in [2.24, 2.45) is 0 Å². The van der Waals surface area contributed by atoms with E-state index >= 15 is 0 Å². The molecule has 0 amide bonds. The van der Waals surface area contributed by atoms with Gasteiger partial charge in [-0.25, -0.2) is 0 Å². The van der Waals surface area contributed by atoms with E-state index in [9.17, 15) is 0 Å². The van der Waals surface area contributed by atoms with Crippen molar-refractivity contribution in [1.82, 2.24) is 0 Å². The average molecular weight is 202 g/mol. The second-order valence-corrected chi connectivity index (χ2v) is 6.10. The van der Waals surface area contributed by atoms with Crippen molar-refractivity contribution in [3.8, 4) is 0 Å². The van der Waals surface area contributed by atoms with Crippen molar-refractivity contribution in [2.75, 3.05) is 54.9 Å². The molecule has 0 aliphatic rings. The Hall–Kier alpha value is -0.0800. The van der Waals surface area contributed by atoms with Crippen LogP contribution in [0.1, 0.15) is 26.2 Å². The molecule has 0 aliphatic heterocycles. The van der Waals surface area contributed by atoms with Gasteiger partial charge in [-0.05, 0) is 6.42 Å². The van der Waals surface area contributed by atoms with Gasteiger partial charge >= 0.3 is 0 Å². The van der Waals surface area contributed by atoms with Crippen LogP contribution in [0.15, 0.2) is 0 Å². The number of unbranched alkanes of at least 4 members (excludes halogenated alkanes) is 1. The molecule has 0 fully saturated rings. The Morgan fingerprint density at radius 2 is 1.21 bits per heavy atom. The highest BCUT2D eigenvalue weighted by Gasteiger charge is 2.16. The maximum Gasteiger partial charge on any atom is 0.0836 e. The van der Waals surface area contributed by atoms with E-state index in [1.165, 1.54) is 43.4 Å². The van der Waals surface area contributed by atoms with Crippen molar-refractivity contribution in [1.29, 1.82) is 0 Å². The third kappa shape index (κ3) is 8.52. The molecule has 0 aromatic carbocycles. The first-order valence-electron chi connectivity index (χ1n) is 5.89. The highest BCUT2D eigenvalue weighted by molar-refractivity contribution is 4.39. The minimum atomic E-state index is 1.09. The number of nitrogens with zero attached hydrogens (tertiary/aromatic N) is 2. The molecular weight excluding hydrogens is 172 g/mol. The van der Waals surface area contributed by atoms with E-state index in [-0.39, 0.29) is 0 Å². The summed E-state index contributed by atoms with van der Waals surface area (Å²) in [6.07, 6.45) is 4.01. The Morgan fingerprint density at radius 3 is 1.64 bits per heavy atom. The second kappa shape index (κ2) is 5.72. The largest absolute Gasteiger partial charge is 0.331 e. The first-order valence-corrected chi connectivity index (χ1v) is 5.89. The van der Waals surface area contributed by atoms with Crippen LogP contribution in [0.4, 0.5) is 0 Å². The van der Waals surface area contributed by atoms with Gasteiger partial charge in [-0.3, -0.25) is 0 Å². The van der Waals surface area contributed by atoms with E-state index in [1.807, 2.05) is 0 Å². The Labute approximate surface area is 90.7 Å². The average Bonchev–Trinajstić information content (AvgIpc) is 1.98. The fourth-order valence-electron chi connectivity index (χ4n) is 1.67. The Morgan fingerprint density at radius 1 is 0.714 bits per heavy atom. The molecule has 0 aromatic heterocycles. The van der Waals surface area contributed by atoms with Crippen LogP contribution in [0.2, 0.25) is 0 Å². The van der Waals surface area contributed by atoms with Crippen molar-refractivity contribution in [3.63, 3.8) is 0 Å². The maximum atomic E-state index is 2.35. The summed E-state index contributed by atoms with van der Waals surface area (Å²) in [5, 5.41) is 0. The van der Waals surface area contributed by atoms with Gasteiger partial charge in [-0.2, -0.15) is 0 Å². The van der Waals surface area contributed by atoms with Crippen LogP contribution in [0.25, 0.3) is 0 Å². The van der Waals surface area contributed by atoms with Gasteiger partial charge < -0.3 is 8.97 Å². The van der Waals surface area contributed by atoms with Crippen molar-refractivity contribution in [3.05, 3.63) is 0 Å². The summed E-state index contributed by atoms with van der Waals surface area (Å²) in [6, 6.07) is 0. The Kier molecular flexibility index (Phi) is 5.68. The minimum Gasteiger partial charge on any atom is -0.331 e. The minimum absolute atomic E-state index is 1.09. The van der Waals surface area contributed by atoms with Gasteiger partial charge in [0.15, 0.2) is 0 Å². The predicted octanol–water partition coefficient (Wildman–Crippen LogP) is 1.96. The standard InChI is InChI=1S/C12H30N2/c1-7-8-11-14(5,6)12-9-10-13(2,3)4/h7-12H2,1-6H3/q+2. The summed E-state index contributed by atoms with van der Waals surface area (Å²) < 4.78 is 2.28. The predicted molar refractivity (Wildman–Crippen MR) is 64.3 cm³/mol. The van der Waals surface area contributed by atoms with E-state index < -0.39 is 0 Å². The van der Waals surface area contributed by atoms with Gasteiger partial charge in [-0.1, -0.05) is 13.3 Å². The van der Waals surface area contributed by atoms with Gasteiger partial charge in [0.25, 0.3) is 0 Å². The van der Waals surface area contributed by atoms with Gasteiger partial charge in [0.1, 0.15) is 0 Å². The monoisotopic (exact) mass is 202 g/mol. The highest BCUT2D eigenvalue weighted by Crippen LogP contribution is 2.04. The molecule has 0 radical (unpaired) electrons. The zero-order valence-electron chi connectivity index (χ0n) is 11.1.